The van der Waals surface area contributed by atoms with Gasteiger partial charge in [-0.15, -0.1) is 0 Å². The maximum atomic E-state index is 11.1. The summed E-state index contributed by atoms with van der Waals surface area (Å²) in [5, 5.41) is 20.3. The summed E-state index contributed by atoms with van der Waals surface area (Å²) in [4.78, 5) is 16.7. The molecule has 0 aliphatic carbocycles. The Balaban J connectivity index is 2.32. The molecule has 1 aliphatic heterocycles. The Labute approximate surface area is 111 Å². The van der Waals surface area contributed by atoms with Crippen LogP contribution < -0.4 is 9.64 Å². The van der Waals surface area contributed by atoms with Crippen molar-refractivity contribution in [3.8, 4) is 5.88 Å². The first-order valence-electron chi connectivity index (χ1n) is 6.21. The first-order valence-corrected chi connectivity index (χ1v) is 6.21. The van der Waals surface area contributed by atoms with E-state index in [1.165, 1.54) is 19.2 Å². The van der Waals surface area contributed by atoms with Crippen LogP contribution in [0.25, 0.3) is 0 Å². The van der Waals surface area contributed by atoms with Crippen LogP contribution in [0.15, 0.2) is 12.1 Å². The molecule has 1 aromatic heterocycles. The summed E-state index contributed by atoms with van der Waals surface area (Å²) in [7, 11) is 1.48. The third-order valence-electron chi connectivity index (χ3n) is 3.31. The van der Waals surface area contributed by atoms with Crippen molar-refractivity contribution in [1.82, 2.24) is 4.98 Å². The second-order valence-electron chi connectivity index (χ2n) is 4.59. The molecule has 0 saturated carbocycles. The third kappa shape index (κ3) is 2.93. The van der Waals surface area contributed by atoms with E-state index in [4.69, 9.17) is 4.74 Å². The van der Waals surface area contributed by atoms with Crippen molar-refractivity contribution in [3.63, 3.8) is 0 Å². The summed E-state index contributed by atoms with van der Waals surface area (Å²) in [6.45, 7) is 1.38. The maximum Gasteiger partial charge on any atom is 0.311 e. The van der Waals surface area contributed by atoms with Gasteiger partial charge in [0.05, 0.1) is 12.0 Å². The number of aliphatic hydroxyl groups is 1. The minimum absolute atomic E-state index is 0.0283. The number of nitro groups is 1. The highest BCUT2D eigenvalue weighted by Crippen LogP contribution is 2.31. The number of pyridine rings is 1. The summed E-state index contributed by atoms with van der Waals surface area (Å²) >= 11 is 0. The van der Waals surface area contributed by atoms with Gasteiger partial charge in [-0.25, -0.2) is 0 Å². The Morgan fingerprint density at radius 3 is 3.05 bits per heavy atom. The van der Waals surface area contributed by atoms with Gasteiger partial charge in [0.1, 0.15) is 0 Å². The topological polar surface area (TPSA) is 88.7 Å². The molecule has 1 unspecified atom stereocenters. The maximum absolute atomic E-state index is 11.1. The fourth-order valence-electron chi connectivity index (χ4n) is 2.32. The van der Waals surface area contributed by atoms with Crippen molar-refractivity contribution < 1.29 is 14.8 Å². The molecule has 0 aromatic carbocycles. The standard InChI is InChI=1S/C12H17N3O4/c1-19-11-5-4-10(15(17)18)12(13-11)14-6-2-3-9(7-14)8-16/h4-5,9,16H,2-3,6-8H2,1H3. The number of hydrogen-bond acceptors (Lipinski definition) is 6. The Morgan fingerprint density at radius 2 is 2.42 bits per heavy atom. The number of hydrogen-bond donors (Lipinski definition) is 1. The van der Waals surface area contributed by atoms with Crippen molar-refractivity contribution in [2.45, 2.75) is 12.8 Å². The quantitative estimate of drug-likeness (QED) is 0.651. The number of aromatic nitrogens is 1. The number of nitrogens with zero attached hydrogens (tertiary/aromatic N) is 3. The molecule has 1 saturated heterocycles. The predicted octanol–water partition coefficient (Wildman–Crippen LogP) is 1.21. The summed E-state index contributed by atoms with van der Waals surface area (Å²) in [5.74, 6) is 0.815. The van der Waals surface area contributed by atoms with E-state index in [1.54, 1.807) is 0 Å². The number of rotatable bonds is 4. The van der Waals surface area contributed by atoms with Crippen LogP contribution in [-0.2, 0) is 0 Å². The van der Waals surface area contributed by atoms with E-state index in [0.29, 0.717) is 24.8 Å². The van der Waals surface area contributed by atoms with Crippen LogP contribution in [0, 0.1) is 16.0 Å². The van der Waals surface area contributed by atoms with Crippen molar-refractivity contribution in [3.05, 3.63) is 22.2 Å². The van der Waals surface area contributed by atoms with Crippen LogP contribution in [0.2, 0.25) is 0 Å². The molecule has 1 N–H and O–H groups in total. The van der Waals surface area contributed by atoms with Crippen LogP contribution in [0.3, 0.4) is 0 Å². The summed E-state index contributed by atoms with van der Waals surface area (Å²) < 4.78 is 5.02. The molecule has 7 nitrogen and oxygen atoms in total. The minimum atomic E-state index is -0.440. The zero-order chi connectivity index (χ0) is 13.8. The van der Waals surface area contributed by atoms with Gasteiger partial charge >= 0.3 is 5.69 Å². The number of anilines is 1. The molecule has 104 valence electrons. The molecule has 2 rings (SSSR count). The van der Waals surface area contributed by atoms with E-state index >= 15 is 0 Å². The Hall–Kier alpha value is -1.89. The smallest absolute Gasteiger partial charge is 0.311 e. The summed E-state index contributed by atoms with van der Waals surface area (Å²) in [5.41, 5.74) is -0.0283. The average Bonchev–Trinajstić information content (AvgIpc) is 2.46. The molecule has 0 amide bonds. The van der Waals surface area contributed by atoms with Gasteiger partial charge in [-0.05, 0) is 18.8 Å². The highest BCUT2D eigenvalue weighted by Gasteiger charge is 2.27. The Kier molecular flexibility index (Phi) is 4.16. The van der Waals surface area contributed by atoms with E-state index in [2.05, 4.69) is 4.98 Å². The molecule has 0 bridgehead atoms. The molecule has 1 aliphatic rings. The lowest BCUT2D eigenvalue weighted by Gasteiger charge is -2.32. The van der Waals surface area contributed by atoms with Crippen LogP contribution >= 0.6 is 0 Å². The zero-order valence-electron chi connectivity index (χ0n) is 10.8. The zero-order valence-corrected chi connectivity index (χ0v) is 10.8. The fourth-order valence-corrected chi connectivity index (χ4v) is 2.32. The van der Waals surface area contributed by atoms with Gasteiger partial charge in [0.25, 0.3) is 0 Å². The normalized spacial score (nSPS) is 19.3. The van der Waals surface area contributed by atoms with Gasteiger partial charge in [0.15, 0.2) is 0 Å². The first kappa shape index (κ1) is 13.5. The summed E-state index contributed by atoms with van der Waals surface area (Å²) in [6.07, 6.45) is 1.83. The largest absolute Gasteiger partial charge is 0.481 e. The van der Waals surface area contributed by atoms with Crippen molar-refractivity contribution >= 4 is 11.5 Å². The van der Waals surface area contributed by atoms with E-state index < -0.39 is 4.92 Å². The van der Waals surface area contributed by atoms with Gasteiger partial charge in [0, 0.05) is 31.8 Å². The van der Waals surface area contributed by atoms with Gasteiger partial charge in [-0.2, -0.15) is 4.98 Å². The number of aliphatic hydroxyl groups excluding tert-OH is 1. The molecular formula is C12H17N3O4. The minimum Gasteiger partial charge on any atom is -0.481 e. The molecule has 0 spiro atoms. The van der Waals surface area contributed by atoms with Gasteiger partial charge in [-0.3, -0.25) is 10.1 Å². The molecule has 1 atom stereocenters. The predicted molar refractivity (Wildman–Crippen MR) is 69.5 cm³/mol. The van der Waals surface area contributed by atoms with Crippen LogP contribution in [0.1, 0.15) is 12.8 Å². The highest BCUT2D eigenvalue weighted by atomic mass is 16.6. The molecule has 0 radical (unpaired) electrons. The Morgan fingerprint density at radius 1 is 1.63 bits per heavy atom. The molecule has 7 heteroatoms. The number of ether oxygens (including phenoxy) is 1. The monoisotopic (exact) mass is 267 g/mol. The fraction of sp³-hybridized carbons (Fsp3) is 0.583. The number of piperidine rings is 1. The molecule has 1 fully saturated rings. The van der Waals surface area contributed by atoms with Crippen molar-refractivity contribution in [2.75, 3.05) is 31.7 Å². The Bertz CT molecular complexity index is 466. The second kappa shape index (κ2) is 5.83. The summed E-state index contributed by atoms with van der Waals surface area (Å²) in [6, 6.07) is 2.89. The lowest BCUT2D eigenvalue weighted by Crippen LogP contribution is -2.37. The molecule has 19 heavy (non-hydrogen) atoms. The van der Waals surface area contributed by atoms with E-state index in [1.807, 2.05) is 4.90 Å². The lowest BCUT2D eigenvalue weighted by atomic mass is 9.99. The van der Waals surface area contributed by atoms with E-state index in [-0.39, 0.29) is 18.2 Å². The molecular weight excluding hydrogens is 250 g/mol. The van der Waals surface area contributed by atoms with Gasteiger partial charge in [-0.1, -0.05) is 0 Å². The van der Waals surface area contributed by atoms with E-state index in [9.17, 15) is 15.2 Å². The lowest BCUT2D eigenvalue weighted by molar-refractivity contribution is -0.384. The average molecular weight is 267 g/mol. The third-order valence-corrected chi connectivity index (χ3v) is 3.31. The van der Waals surface area contributed by atoms with Crippen LogP contribution in [0.4, 0.5) is 11.5 Å². The molecule has 1 aromatic rings. The van der Waals surface area contributed by atoms with Gasteiger partial charge in [0.2, 0.25) is 11.7 Å². The van der Waals surface area contributed by atoms with Gasteiger partial charge < -0.3 is 14.7 Å². The van der Waals surface area contributed by atoms with Crippen molar-refractivity contribution in [1.29, 1.82) is 0 Å². The second-order valence-corrected chi connectivity index (χ2v) is 4.59. The van der Waals surface area contributed by atoms with Crippen LogP contribution in [-0.4, -0.2) is 41.8 Å². The number of methoxy groups -OCH3 is 1. The van der Waals surface area contributed by atoms with Crippen molar-refractivity contribution in [2.24, 2.45) is 5.92 Å². The SMILES string of the molecule is COc1ccc([N+](=O)[O-])c(N2CCCC(CO)C2)n1. The first-order chi connectivity index (χ1) is 9.15. The highest BCUT2D eigenvalue weighted by molar-refractivity contribution is 5.59. The van der Waals surface area contributed by atoms with Crippen LogP contribution in [0.5, 0.6) is 5.88 Å². The van der Waals surface area contributed by atoms with E-state index in [0.717, 1.165) is 12.8 Å². The molecule has 2 heterocycles.